The van der Waals surface area contributed by atoms with E-state index in [1.807, 2.05) is 18.5 Å². The zero-order valence-corrected chi connectivity index (χ0v) is 10.1. The number of hydrogen-bond acceptors (Lipinski definition) is 2. The fourth-order valence-electron chi connectivity index (χ4n) is 2.16. The summed E-state index contributed by atoms with van der Waals surface area (Å²) in [6.45, 7) is 4.83. The molecule has 0 radical (unpaired) electrons. The Bertz CT molecular complexity index is 675. The molecule has 2 aromatic heterocycles. The van der Waals surface area contributed by atoms with Crippen LogP contribution in [-0.4, -0.2) is 21.3 Å². The van der Waals surface area contributed by atoms with Gasteiger partial charge in [-0.1, -0.05) is 0 Å². The van der Waals surface area contributed by atoms with Crippen molar-refractivity contribution in [3.05, 3.63) is 30.6 Å². The van der Waals surface area contributed by atoms with Crippen LogP contribution >= 0.6 is 0 Å². The maximum Gasteiger partial charge on any atom is 0.0710 e. The van der Waals surface area contributed by atoms with Gasteiger partial charge in [0.1, 0.15) is 0 Å². The van der Waals surface area contributed by atoms with Crippen LogP contribution in [0, 0.1) is 0 Å². The van der Waals surface area contributed by atoms with E-state index in [1.54, 1.807) is 0 Å². The highest BCUT2D eigenvalue weighted by atomic mass is 15.3. The van der Waals surface area contributed by atoms with Crippen molar-refractivity contribution in [3.63, 3.8) is 0 Å². The number of benzene rings is 1. The van der Waals surface area contributed by atoms with E-state index in [-0.39, 0.29) is 5.54 Å². The first-order valence-electron chi connectivity index (χ1n) is 5.77. The van der Waals surface area contributed by atoms with E-state index in [4.69, 9.17) is 5.73 Å². The molecule has 3 N–H and O–H groups in total. The molecule has 0 saturated carbocycles. The Kier molecular flexibility index (Phi) is 2.03. The Morgan fingerprint density at radius 2 is 2.18 bits per heavy atom. The normalized spacial score (nSPS) is 12.6. The third-order valence-corrected chi connectivity index (χ3v) is 3.34. The first-order chi connectivity index (χ1) is 8.12. The van der Waals surface area contributed by atoms with E-state index >= 15 is 0 Å². The van der Waals surface area contributed by atoms with Crippen LogP contribution in [0.5, 0.6) is 0 Å². The van der Waals surface area contributed by atoms with Gasteiger partial charge in [0, 0.05) is 29.7 Å². The molecule has 0 fully saturated rings. The van der Waals surface area contributed by atoms with Crippen LogP contribution in [0.4, 0.5) is 0 Å². The van der Waals surface area contributed by atoms with E-state index in [2.05, 4.69) is 40.7 Å². The standard InChI is InChI=1S/C13H16N4/c1-13(2,8-14)17-12-6-9-3-4-15-11(9)5-10(12)7-16-17/h3-7,16H,8,14H2,1-2H3. The Morgan fingerprint density at radius 1 is 1.35 bits per heavy atom. The van der Waals surface area contributed by atoms with Gasteiger partial charge in [-0.3, -0.25) is 9.67 Å². The van der Waals surface area contributed by atoms with Crippen molar-refractivity contribution in [3.8, 4) is 0 Å². The highest BCUT2D eigenvalue weighted by Crippen LogP contribution is 2.25. The van der Waals surface area contributed by atoms with Crippen LogP contribution < -0.4 is 5.73 Å². The summed E-state index contributed by atoms with van der Waals surface area (Å²) in [6.07, 6.45) is 3.84. The maximum atomic E-state index is 5.83. The summed E-state index contributed by atoms with van der Waals surface area (Å²) in [4.78, 5) is 4.31. The SMILES string of the molecule is CC(C)(CN)n1[nH]cc2cc3nccc3cc21. The molecular formula is C13H16N4. The molecule has 4 heteroatoms. The number of nitrogens with one attached hydrogen (secondary N) is 1. The molecule has 0 aliphatic rings. The topological polar surface area (TPSA) is 59.6 Å². The molecule has 0 spiro atoms. The Labute approximate surface area is 99.4 Å². The molecule has 0 saturated heterocycles. The van der Waals surface area contributed by atoms with Crippen LogP contribution in [0.3, 0.4) is 0 Å². The van der Waals surface area contributed by atoms with Gasteiger partial charge in [0.2, 0.25) is 0 Å². The van der Waals surface area contributed by atoms with Gasteiger partial charge in [-0.05, 0) is 32.0 Å². The number of aromatic nitrogens is 3. The molecule has 0 bridgehead atoms. The quantitative estimate of drug-likeness (QED) is 0.706. The molecule has 1 aromatic carbocycles. The Morgan fingerprint density at radius 3 is 2.94 bits per heavy atom. The summed E-state index contributed by atoms with van der Waals surface area (Å²) in [5.74, 6) is 0. The summed E-state index contributed by atoms with van der Waals surface area (Å²) >= 11 is 0. The van der Waals surface area contributed by atoms with Crippen molar-refractivity contribution >= 4 is 21.8 Å². The van der Waals surface area contributed by atoms with Gasteiger partial charge in [-0.15, -0.1) is 0 Å². The van der Waals surface area contributed by atoms with Crippen molar-refractivity contribution in [1.29, 1.82) is 0 Å². The Balaban J connectivity index is 2.33. The lowest BCUT2D eigenvalue weighted by atomic mass is 10.1. The highest BCUT2D eigenvalue weighted by molar-refractivity contribution is 5.95. The lowest BCUT2D eigenvalue weighted by Gasteiger charge is -2.25. The minimum atomic E-state index is -0.116. The second-order valence-electron chi connectivity index (χ2n) is 5.04. The number of fused-ring (bicyclic) bond motifs is 2. The van der Waals surface area contributed by atoms with Crippen molar-refractivity contribution in [2.24, 2.45) is 5.73 Å². The van der Waals surface area contributed by atoms with Crippen LogP contribution in [0.2, 0.25) is 0 Å². The van der Waals surface area contributed by atoms with Crippen molar-refractivity contribution in [2.45, 2.75) is 19.4 Å². The Hall–Kier alpha value is -1.81. The molecule has 0 amide bonds. The van der Waals surface area contributed by atoms with Crippen molar-refractivity contribution < 1.29 is 0 Å². The second kappa shape index (κ2) is 3.34. The second-order valence-corrected chi connectivity index (χ2v) is 5.04. The molecule has 3 aromatic rings. The van der Waals surface area contributed by atoms with Crippen LogP contribution in [0.15, 0.2) is 30.6 Å². The first kappa shape index (κ1) is 10.4. The first-order valence-corrected chi connectivity index (χ1v) is 5.77. The van der Waals surface area contributed by atoms with Crippen LogP contribution in [-0.2, 0) is 5.54 Å². The minimum Gasteiger partial charge on any atom is -0.328 e. The molecule has 4 nitrogen and oxygen atoms in total. The van der Waals surface area contributed by atoms with Gasteiger partial charge in [0.05, 0.1) is 16.6 Å². The third kappa shape index (κ3) is 1.45. The predicted octanol–water partition coefficient (Wildman–Crippen LogP) is 2.21. The van der Waals surface area contributed by atoms with Gasteiger partial charge in [-0.25, -0.2) is 0 Å². The maximum absolute atomic E-state index is 5.83. The molecule has 88 valence electrons. The largest absolute Gasteiger partial charge is 0.328 e. The average Bonchev–Trinajstić information content (AvgIpc) is 2.90. The van der Waals surface area contributed by atoms with E-state index in [9.17, 15) is 0 Å². The molecule has 0 aliphatic heterocycles. The fourth-order valence-corrected chi connectivity index (χ4v) is 2.16. The van der Waals surface area contributed by atoms with E-state index in [1.165, 1.54) is 10.9 Å². The van der Waals surface area contributed by atoms with Gasteiger partial charge < -0.3 is 10.8 Å². The van der Waals surface area contributed by atoms with Crippen LogP contribution in [0.1, 0.15) is 13.8 Å². The van der Waals surface area contributed by atoms with E-state index in [0.29, 0.717) is 6.54 Å². The fraction of sp³-hybridized carbons (Fsp3) is 0.308. The number of H-pyrrole nitrogens is 1. The number of nitrogens with two attached hydrogens (primary N) is 1. The zero-order chi connectivity index (χ0) is 12.0. The van der Waals surface area contributed by atoms with E-state index in [0.717, 1.165) is 10.9 Å². The molecule has 0 atom stereocenters. The summed E-state index contributed by atoms with van der Waals surface area (Å²) in [7, 11) is 0. The number of nitrogens with zero attached hydrogens (tertiary/aromatic N) is 2. The zero-order valence-electron chi connectivity index (χ0n) is 10.1. The molecule has 2 heterocycles. The summed E-state index contributed by atoms with van der Waals surface area (Å²) < 4.78 is 2.12. The number of aromatic amines is 1. The van der Waals surface area contributed by atoms with Crippen molar-refractivity contribution in [2.75, 3.05) is 6.54 Å². The monoisotopic (exact) mass is 228 g/mol. The molecular weight excluding hydrogens is 212 g/mol. The number of hydrogen-bond donors (Lipinski definition) is 2. The third-order valence-electron chi connectivity index (χ3n) is 3.34. The molecule has 17 heavy (non-hydrogen) atoms. The number of rotatable bonds is 2. The van der Waals surface area contributed by atoms with E-state index < -0.39 is 0 Å². The predicted molar refractivity (Wildman–Crippen MR) is 70.0 cm³/mol. The lowest BCUT2D eigenvalue weighted by Crippen LogP contribution is -2.35. The minimum absolute atomic E-state index is 0.116. The smallest absolute Gasteiger partial charge is 0.0710 e. The van der Waals surface area contributed by atoms with Crippen molar-refractivity contribution in [1.82, 2.24) is 14.8 Å². The highest BCUT2D eigenvalue weighted by Gasteiger charge is 2.20. The molecule has 0 aliphatic carbocycles. The van der Waals surface area contributed by atoms with Gasteiger partial charge in [0.15, 0.2) is 0 Å². The lowest BCUT2D eigenvalue weighted by molar-refractivity contribution is 0.341. The summed E-state index contributed by atoms with van der Waals surface area (Å²) in [5, 5.41) is 5.61. The summed E-state index contributed by atoms with van der Waals surface area (Å²) in [5.41, 5.74) is 7.92. The molecule has 0 unspecified atom stereocenters. The average molecular weight is 228 g/mol. The van der Waals surface area contributed by atoms with Gasteiger partial charge in [0.25, 0.3) is 0 Å². The summed E-state index contributed by atoms with van der Waals surface area (Å²) in [6, 6.07) is 6.29. The van der Waals surface area contributed by atoms with Gasteiger partial charge >= 0.3 is 0 Å². The molecule has 3 rings (SSSR count). The van der Waals surface area contributed by atoms with Gasteiger partial charge in [-0.2, -0.15) is 0 Å². The van der Waals surface area contributed by atoms with Crippen LogP contribution in [0.25, 0.3) is 21.8 Å².